The predicted octanol–water partition coefficient (Wildman–Crippen LogP) is 1.74. The van der Waals surface area contributed by atoms with Gasteiger partial charge in [0.25, 0.3) is 5.91 Å². The van der Waals surface area contributed by atoms with Crippen molar-refractivity contribution in [3.63, 3.8) is 0 Å². The van der Waals surface area contributed by atoms with Gasteiger partial charge in [0.1, 0.15) is 11.5 Å². The smallest absolute Gasteiger partial charge is 0.337 e. The molecule has 2 aromatic heterocycles. The van der Waals surface area contributed by atoms with E-state index in [1.165, 1.54) is 18.3 Å². The van der Waals surface area contributed by atoms with Gasteiger partial charge in [-0.3, -0.25) is 4.79 Å². The van der Waals surface area contributed by atoms with Gasteiger partial charge in [0.05, 0.1) is 5.56 Å². The fourth-order valence-corrected chi connectivity index (χ4v) is 1.44. The number of aromatic carboxylic acids is 1. The second kappa shape index (κ2) is 5.26. The van der Waals surface area contributed by atoms with Gasteiger partial charge >= 0.3 is 5.97 Å². The van der Waals surface area contributed by atoms with Gasteiger partial charge in [0, 0.05) is 11.9 Å². The van der Waals surface area contributed by atoms with E-state index in [-0.39, 0.29) is 23.0 Å². The molecule has 96 valence electrons. The van der Waals surface area contributed by atoms with E-state index in [1.54, 1.807) is 25.1 Å². The van der Waals surface area contributed by atoms with Crippen LogP contribution >= 0.6 is 0 Å². The Kier molecular flexibility index (Phi) is 3.51. The number of carbonyl (C=O) groups is 2. The number of carboxylic acids is 1. The average Bonchev–Trinajstić information content (AvgIpc) is 2.39. The lowest BCUT2D eigenvalue weighted by Crippen LogP contribution is -2.15. The zero-order valence-electron chi connectivity index (χ0n) is 10.1. The van der Waals surface area contributed by atoms with Gasteiger partial charge in [-0.2, -0.15) is 0 Å². The topological polar surface area (TPSA) is 92.2 Å². The van der Waals surface area contributed by atoms with E-state index in [1.807, 2.05) is 0 Å². The number of pyridine rings is 2. The minimum absolute atomic E-state index is 0.0617. The van der Waals surface area contributed by atoms with Gasteiger partial charge in [-0.15, -0.1) is 0 Å². The quantitative estimate of drug-likeness (QED) is 0.873. The molecule has 0 fully saturated rings. The molecule has 2 N–H and O–H groups in total. The lowest BCUT2D eigenvalue weighted by Gasteiger charge is -2.04. The van der Waals surface area contributed by atoms with Crippen LogP contribution in [0.4, 0.5) is 5.82 Å². The molecule has 0 aliphatic carbocycles. The minimum atomic E-state index is -1.06. The summed E-state index contributed by atoms with van der Waals surface area (Å²) >= 11 is 0. The molecule has 0 spiro atoms. The molecular weight excluding hydrogens is 246 g/mol. The summed E-state index contributed by atoms with van der Waals surface area (Å²) in [7, 11) is 0. The van der Waals surface area contributed by atoms with Crippen molar-refractivity contribution in [2.75, 3.05) is 5.32 Å². The summed E-state index contributed by atoms with van der Waals surface area (Å²) in [5.74, 6) is -1.18. The van der Waals surface area contributed by atoms with Crippen LogP contribution in [0.15, 0.2) is 36.5 Å². The molecule has 6 heteroatoms. The number of amides is 1. The molecule has 0 saturated heterocycles. The molecule has 0 bridgehead atoms. The zero-order valence-corrected chi connectivity index (χ0v) is 10.1. The van der Waals surface area contributed by atoms with Crippen LogP contribution < -0.4 is 5.32 Å². The Balaban J connectivity index is 2.13. The molecule has 0 aliphatic rings. The van der Waals surface area contributed by atoms with Crippen molar-refractivity contribution in [2.45, 2.75) is 6.92 Å². The summed E-state index contributed by atoms with van der Waals surface area (Å²) in [6.45, 7) is 1.79. The standard InChI is InChI=1S/C13H11N3O3/c1-8-3-2-4-10(15-8)12(17)16-11-6-5-9(7-14-11)13(18)19/h2-7H,1H3,(H,18,19)(H,14,16,17). The normalized spacial score (nSPS) is 9.95. The van der Waals surface area contributed by atoms with Crippen LogP contribution in [0.1, 0.15) is 26.5 Å². The maximum Gasteiger partial charge on any atom is 0.337 e. The van der Waals surface area contributed by atoms with Gasteiger partial charge < -0.3 is 10.4 Å². The molecule has 0 aromatic carbocycles. The third-order valence-electron chi connectivity index (χ3n) is 2.37. The number of hydrogen-bond donors (Lipinski definition) is 2. The highest BCUT2D eigenvalue weighted by Crippen LogP contribution is 2.07. The molecule has 2 heterocycles. The van der Waals surface area contributed by atoms with Crippen molar-refractivity contribution in [3.05, 3.63) is 53.5 Å². The molecule has 0 unspecified atom stereocenters. The first-order chi connectivity index (χ1) is 9.06. The highest BCUT2D eigenvalue weighted by atomic mass is 16.4. The van der Waals surface area contributed by atoms with Gasteiger partial charge in [-0.25, -0.2) is 14.8 Å². The number of nitrogens with zero attached hydrogens (tertiary/aromatic N) is 2. The highest BCUT2D eigenvalue weighted by Gasteiger charge is 2.09. The monoisotopic (exact) mass is 257 g/mol. The fraction of sp³-hybridized carbons (Fsp3) is 0.0769. The van der Waals surface area contributed by atoms with Gasteiger partial charge in [0.2, 0.25) is 0 Å². The third kappa shape index (κ3) is 3.12. The minimum Gasteiger partial charge on any atom is -0.478 e. The first-order valence-electron chi connectivity index (χ1n) is 5.50. The Labute approximate surface area is 109 Å². The van der Waals surface area contributed by atoms with E-state index in [4.69, 9.17) is 5.11 Å². The maximum atomic E-state index is 11.9. The number of carbonyl (C=O) groups excluding carboxylic acids is 1. The number of rotatable bonds is 3. The van der Waals surface area contributed by atoms with Crippen LogP contribution in [0.25, 0.3) is 0 Å². The van der Waals surface area contributed by atoms with E-state index in [0.29, 0.717) is 0 Å². The van der Waals surface area contributed by atoms with Crippen LogP contribution in [0.2, 0.25) is 0 Å². The number of aryl methyl sites for hydroxylation is 1. The molecule has 2 rings (SSSR count). The lowest BCUT2D eigenvalue weighted by atomic mass is 10.3. The van der Waals surface area contributed by atoms with Gasteiger partial charge in [-0.1, -0.05) is 6.07 Å². The number of hydrogen-bond acceptors (Lipinski definition) is 4. The summed E-state index contributed by atoms with van der Waals surface area (Å²) in [5.41, 5.74) is 1.08. The second-order valence-electron chi connectivity index (χ2n) is 3.86. The van der Waals surface area contributed by atoms with Crippen molar-refractivity contribution in [1.29, 1.82) is 0 Å². The number of anilines is 1. The Morgan fingerprint density at radius 2 is 2.00 bits per heavy atom. The van der Waals surface area contributed by atoms with E-state index >= 15 is 0 Å². The molecule has 0 radical (unpaired) electrons. The summed E-state index contributed by atoms with van der Waals surface area (Å²) in [6.07, 6.45) is 1.18. The summed E-state index contributed by atoms with van der Waals surface area (Å²) in [5, 5.41) is 11.3. The molecule has 19 heavy (non-hydrogen) atoms. The third-order valence-corrected chi connectivity index (χ3v) is 2.37. The zero-order chi connectivity index (χ0) is 13.8. The van der Waals surface area contributed by atoms with Crippen molar-refractivity contribution in [1.82, 2.24) is 9.97 Å². The van der Waals surface area contributed by atoms with Crippen LogP contribution in [-0.4, -0.2) is 27.0 Å². The predicted molar refractivity (Wildman–Crippen MR) is 68.1 cm³/mol. The van der Waals surface area contributed by atoms with Crippen LogP contribution in [0.5, 0.6) is 0 Å². The van der Waals surface area contributed by atoms with E-state index in [9.17, 15) is 9.59 Å². The fourth-order valence-electron chi connectivity index (χ4n) is 1.44. The molecule has 0 atom stereocenters. The summed E-state index contributed by atoms with van der Waals surface area (Å²) < 4.78 is 0. The Bertz CT molecular complexity index is 623. The molecule has 0 aliphatic heterocycles. The first-order valence-corrected chi connectivity index (χ1v) is 5.50. The molecule has 2 aromatic rings. The Morgan fingerprint density at radius 1 is 1.21 bits per heavy atom. The summed E-state index contributed by atoms with van der Waals surface area (Å²) in [6, 6.07) is 7.91. The van der Waals surface area contributed by atoms with Gasteiger partial charge in [-0.05, 0) is 31.2 Å². The highest BCUT2D eigenvalue weighted by molar-refractivity contribution is 6.02. The summed E-state index contributed by atoms with van der Waals surface area (Å²) in [4.78, 5) is 30.4. The number of carboxylic acid groups (broad SMARTS) is 1. The molecular formula is C13H11N3O3. The lowest BCUT2D eigenvalue weighted by molar-refractivity contribution is 0.0696. The van der Waals surface area contributed by atoms with E-state index in [0.717, 1.165) is 5.69 Å². The first kappa shape index (κ1) is 12.7. The van der Waals surface area contributed by atoms with Crippen molar-refractivity contribution in [3.8, 4) is 0 Å². The van der Waals surface area contributed by atoms with E-state index in [2.05, 4.69) is 15.3 Å². The largest absolute Gasteiger partial charge is 0.478 e. The Hall–Kier alpha value is -2.76. The van der Waals surface area contributed by atoms with Crippen LogP contribution in [0, 0.1) is 6.92 Å². The maximum absolute atomic E-state index is 11.9. The molecule has 6 nitrogen and oxygen atoms in total. The van der Waals surface area contributed by atoms with Crippen LogP contribution in [0.3, 0.4) is 0 Å². The molecule has 1 amide bonds. The second-order valence-corrected chi connectivity index (χ2v) is 3.86. The van der Waals surface area contributed by atoms with Crippen molar-refractivity contribution in [2.24, 2.45) is 0 Å². The number of nitrogens with one attached hydrogen (secondary N) is 1. The van der Waals surface area contributed by atoms with Gasteiger partial charge in [0.15, 0.2) is 0 Å². The number of aromatic nitrogens is 2. The van der Waals surface area contributed by atoms with Crippen LogP contribution in [-0.2, 0) is 0 Å². The van der Waals surface area contributed by atoms with E-state index < -0.39 is 5.97 Å². The van der Waals surface area contributed by atoms with Crippen molar-refractivity contribution < 1.29 is 14.7 Å². The SMILES string of the molecule is Cc1cccc(C(=O)Nc2ccc(C(=O)O)cn2)n1. The van der Waals surface area contributed by atoms with Crippen molar-refractivity contribution >= 4 is 17.7 Å². The average molecular weight is 257 g/mol. The Morgan fingerprint density at radius 3 is 2.58 bits per heavy atom. The molecule has 0 saturated carbocycles.